The standard InChI is InChI=1S/C14H19F3N2O/c1-10-4-6-12(7-5-10)11(2)19(3)13(20)8-18-9-14(15,16)17/h4-7,11,18H,8-9H2,1-3H3. The summed E-state index contributed by atoms with van der Waals surface area (Å²) in [6, 6.07) is 7.51. The summed E-state index contributed by atoms with van der Waals surface area (Å²) in [5.41, 5.74) is 2.06. The number of amides is 1. The van der Waals surface area contributed by atoms with Gasteiger partial charge in [0.2, 0.25) is 5.91 Å². The molecule has 0 aromatic heterocycles. The van der Waals surface area contributed by atoms with Crippen LogP contribution in [0.4, 0.5) is 13.2 Å². The molecule has 0 fully saturated rings. The Morgan fingerprint density at radius 3 is 2.35 bits per heavy atom. The number of nitrogens with zero attached hydrogens (tertiary/aromatic N) is 1. The van der Waals surface area contributed by atoms with Crippen molar-refractivity contribution in [2.75, 3.05) is 20.1 Å². The summed E-state index contributed by atoms with van der Waals surface area (Å²) in [6.07, 6.45) is -4.30. The van der Waals surface area contributed by atoms with Crippen LogP contribution in [-0.2, 0) is 4.79 Å². The zero-order chi connectivity index (χ0) is 15.3. The van der Waals surface area contributed by atoms with Crippen LogP contribution in [0.25, 0.3) is 0 Å². The van der Waals surface area contributed by atoms with Gasteiger partial charge in [-0.2, -0.15) is 13.2 Å². The molecule has 1 aromatic carbocycles. The first-order valence-electron chi connectivity index (χ1n) is 6.30. The van der Waals surface area contributed by atoms with E-state index < -0.39 is 12.7 Å². The van der Waals surface area contributed by atoms with E-state index in [1.807, 2.05) is 38.1 Å². The van der Waals surface area contributed by atoms with Crippen molar-refractivity contribution in [1.29, 1.82) is 0 Å². The summed E-state index contributed by atoms with van der Waals surface area (Å²) in [5, 5.41) is 2.11. The topological polar surface area (TPSA) is 32.3 Å². The third-order valence-corrected chi connectivity index (χ3v) is 3.14. The largest absolute Gasteiger partial charge is 0.401 e. The summed E-state index contributed by atoms with van der Waals surface area (Å²) in [5.74, 6) is -0.373. The van der Waals surface area contributed by atoms with E-state index in [4.69, 9.17) is 0 Å². The Bertz CT molecular complexity index is 443. The molecule has 0 radical (unpaired) electrons. The lowest BCUT2D eigenvalue weighted by Gasteiger charge is -2.25. The zero-order valence-corrected chi connectivity index (χ0v) is 11.8. The number of halogens is 3. The van der Waals surface area contributed by atoms with Gasteiger partial charge in [-0.05, 0) is 19.4 Å². The second-order valence-electron chi connectivity index (χ2n) is 4.81. The lowest BCUT2D eigenvalue weighted by atomic mass is 10.1. The SMILES string of the molecule is Cc1ccc(C(C)N(C)C(=O)CNCC(F)(F)F)cc1. The van der Waals surface area contributed by atoms with Gasteiger partial charge in [-0.3, -0.25) is 4.79 Å². The van der Waals surface area contributed by atoms with Crippen molar-refractivity contribution in [2.45, 2.75) is 26.1 Å². The lowest BCUT2D eigenvalue weighted by Crippen LogP contribution is -2.40. The predicted octanol–water partition coefficient (Wildman–Crippen LogP) is 2.67. The van der Waals surface area contributed by atoms with Crippen molar-refractivity contribution in [3.8, 4) is 0 Å². The van der Waals surface area contributed by atoms with Crippen LogP contribution in [0.15, 0.2) is 24.3 Å². The first-order valence-corrected chi connectivity index (χ1v) is 6.30. The first-order chi connectivity index (χ1) is 9.20. The molecule has 0 saturated carbocycles. The van der Waals surface area contributed by atoms with Gasteiger partial charge in [-0.15, -0.1) is 0 Å². The summed E-state index contributed by atoms with van der Waals surface area (Å²) in [7, 11) is 1.59. The quantitative estimate of drug-likeness (QED) is 0.903. The number of hydrogen-bond donors (Lipinski definition) is 1. The minimum absolute atomic E-state index is 0.184. The van der Waals surface area contributed by atoms with Gasteiger partial charge in [-0.1, -0.05) is 29.8 Å². The van der Waals surface area contributed by atoms with E-state index in [1.54, 1.807) is 7.05 Å². The Balaban J connectivity index is 2.53. The smallest absolute Gasteiger partial charge is 0.338 e. The molecule has 0 spiro atoms. The van der Waals surface area contributed by atoms with Crippen molar-refractivity contribution in [3.63, 3.8) is 0 Å². The fourth-order valence-electron chi connectivity index (χ4n) is 1.72. The van der Waals surface area contributed by atoms with Crippen LogP contribution in [0, 0.1) is 6.92 Å². The number of carbonyl (C=O) groups is 1. The van der Waals surface area contributed by atoms with Crippen molar-refractivity contribution >= 4 is 5.91 Å². The van der Waals surface area contributed by atoms with E-state index in [9.17, 15) is 18.0 Å². The van der Waals surface area contributed by atoms with Gasteiger partial charge in [0.25, 0.3) is 0 Å². The van der Waals surface area contributed by atoms with E-state index in [1.165, 1.54) is 4.90 Å². The number of carbonyl (C=O) groups excluding carboxylic acids is 1. The number of nitrogens with one attached hydrogen (secondary N) is 1. The molecule has 0 aliphatic carbocycles. The number of hydrogen-bond acceptors (Lipinski definition) is 2. The molecular formula is C14H19F3N2O. The molecule has 3 nitrogen and oxygen atoms in total. The maximum Gasteiger partial charge on any atom is 0.401 e. The molecule has 1 aromatic rings. The normalized spacial score (nSPS) is 13.1. The molecule has 1 rings (SSSR count). The maximum atomic E-state index is 12.0. The van der Waals surface area contributed by atoms with Crippen molar-refractivity contribution in [3.05, 3.63) is 35.4 Å². The zero-order valence-electron chi connectivity index (χ0n) is 11.8. The Morgan fingerprint density at radius 2 is 1.85 bits per heavy atom. The second kappa shape index (κ2) is 6.74. The van der Waals surface area contributed by atoms with Gasteiger partial charge in [0.1, 0.15) is 0 Å². The van der Waals surface area contributed by atoms with E-state index in [0.29, 0.717) is 0 Å². The molecule has 0 bridgehead atoms. The molecule has 0 aliphatic rings. The maximum absolute atomic E-state index is 12.0. The van der Waals surface area contributed by atoms with Gasteiger partial charge in [-0.25, -0.2) is 0 Å². The van der Waals surface area contributed by atoms with Crippen molar-refractivity contribution in [1.82, 2.24) is 10.2 Å². The van der Waals surface area contributed by atoms with E-state index in [0.717, 1.165) is 11.1 Å². The van der Waals surface area contributed by atoms with Crippen LogP contribution < -0.4 is 5.32 Å². The highest BCUT2D eigenvalue weighted by Crippen LogP contribution is 2.19. The Morgan fingerprint density at radius 1 is 1.30 bits per heavy atom. The molecule has 0 saturated heterocycles. The van der Waals surface area contributed by atoms with Crippen LogP contribution >= 0.6 is 0 Å². The average molecular weight is 288 g/mol. The van der Waals surface area contributed by atoms with Crippen LogP contribution in [0.1, 0.15) is 24.1 Å². The van der Waals surface area contributed by atoms with Gasteiger partial charge >= 0.3 is 6.18 Å². The molecule has 112 valence electrons. The third-order valence-electron chi connectivity index (χ3n) is 3.14. The van der Waals surface area contributed by atoms with Gasteiger partial charge in [0.15, 0.2) is 0 Å². The van der Waals surface area contributed by atoms with E-state index >= 15 is 0 Å². The number of aryl methyl sites for hydroxylation is 1. The van der Waals surface area contributed by atoms with Crippen LogP contribution in [0.3, 0.4) is 0 Å². The summed E-state index contributed by atoms with van der Waals surface area (Å²) in [6.45, 7) is 2.31. The van der Waals surface area contributed by atoms with E-state index in [2.05, 4.69) is 5.32 Å². The van der Waals surface area contributed by atoms with Crippen LogP contribution in [0.5, 0.6) is 0 Å². The number of likely N-dealkylation sites (N-methyl/N-ethyl adjacent to an activating group) is 1. The van der Waals surface area contributed by atoms with E-state index in [-0.39, 0.29) is 18.5 Å². The number of alkyl halides is 3. The summed E-state index contributed by atoms with van der Waals surface area (Å²) in [4.78, 5) is 13.2. The van der Waals surface area contributed by atoms with Gasteiger partial charge in [0.05, 0.1) is 19.1 Å². The molecule has 0 aliphatic heterocycles. The highest BCUT2D eigenvalue weighted by atomic mass is 19.4. The second-order valence-corrected chi connectivity index (χ2v) is 4.81. The minimum atomic E-state index is -4.30. The summed E-state index contributed by atoms with van der Waals surface area (Å²) >= 11 is 0. The van der Waals surface area contributed by atoms with Crippen LogP contribution in [-0.4, -0.2) is 37.1 Å². The number of benzene rings is 1. The molecular weight excluding hydrogens is 269 g/mol. The minimum Gasteiger partial charge on any atom is -0.338 e. The number of rotatable bonds is 5. The highest BCUT2D eigenvalue weighted by Gasteiger charge is 2.27. The monoisotopic (exact) mass is 288 g/mol. The molecule has 1 N–H and O–H groups in total. The van der Waals surface area contributed by atoms with Crippen molar-refractivity contribution < 1.29 is 18.0 Å². The molecule has 1 unspecified atom stereocenters. The molecule has 0 heterocycles. The fourth-order valence-corrected chi connectivity index (χ4v) is 1.72. The highest BCUT2D eigenvalue weighted by molar-refractivity contribution is 5.78. The van der Waals surface area contributed by atoms with Crippen molar-refractivity contribution in [2.24, 2.45) is 0 Å². The van der Waals surface area contributed by atoms with Crippen LogP contribution in [0.2, 0.25) is 0 Å². The lowest BCUT2D eigenvalue weighted by molar-refractivity contribution is -0.134. The average Bonchev–Trinajstić information content (AvgIpc) is 2.36. The predicted molar refractivity (Wildman–Crippen MR) is 71.3 cm³/mol. The Labute approximate surface area is 116 Å². The third kappa shape index (κ3) is 5.21. The molecule has 1 amide bonds. The first kappa shape index (κ1) is 16.5. The Hall–Kier alpha value is -1.56. The van der Waals surface area contributed by atoms with Gasteiger partial charge < -0.3 is 10.2 Å². The Kier molecular flexibility index (Phi) is 5.56. The fraction of sp³-hybridized carbons (Fsp3) is 0.500. The van der Waals surface area contributed by atoms with Gasteiger partial charge in [0, 0.05) is 7.05 Å². The summed E-state index contributed by atoms with van der Waals surface area (Å²) < 4.78 is 35.9. The molecule has 1 atom stereocenters. The molecule has 20 heavy (non-hydrogen) atoms. The molecule has 6 heteroatoms.